The van der Waals surface area contributed by atoms with Crippen LogP contribution in [0.3, 0.4) is 0 Å². The zero-order chi connectivity index (χ0) is 17.6. The monoisotopic (exact) mass is 325 g/mol. The van der Waals surface area contributed by atoms with E-state index in [4.69, 9.17) is 0 Å². The molecule has 0 aromatic rings. The van der Waals surface area contributed by atoms with Crippen molar-refractivity contribution < 1.29 is 0 Å². The molecule has 132 valence electrons. The smallest absolute Gasteiger partial charge is 0.0273 e. The minimum Gasteiger partial charge on any atom is -0.301 e. The SMILES string of the molecule is CC/C=C\C/C=C\C/C=C\C/C=C\C/C=C\C/C=C\CC/C=N/C. The van der Waals surface area contributed by atoms with Crippen LogP contribution in [-0.4, -0.2) is 13.3 Å². The van der Waals surface area contributed by atoms with E-state index >= 15 is 0 Å². The molecule has 0 N–H and O–H groups in total. The second-order valence-corrected chi connectivity index (χ2v) is 5.43. The van der Waals surface area contributed by atoms with Crippen molar-refractivity contribution in [2.75, 3.05) is 7.05 Å². The summed E-state index contributed by atoms with van der Waals surface area (Å²) in [6.07, 6.45) is 37.1. The largest absolute Gasteiger partial charge is 0.301 e. The average Bonchev–Trinajstić information content (AvgIpc) is 2.60. The summed E-state index contributed by atoms with van der Waals surface area (Å²) < 4.78 is 0. The van der Waals surface area contributed by atoms with Crippen LogP contribution in [0.4, 0.5) is 0 Å². The predicted molar refractivity (Wildman–Crippen MR) is 112 cm³/mol. The maximum absolute atomic E-state index is 3.96. The molecule has 1 nitrogen and oxygen atoms in total. The average molecular weight is 326 g/mol. The lowest BCUT2D eigenvalue weighted by atomic mass is 10.2. The minimum atomic E-state index is 1.02. The van der Waals surface area contributed by atoms with Crippen LogP contribution in [-0.2, 0) is 0 Å². The van der Waals surface area contributed by atoms with Crippen molar-refractivity contribution in [3.8, 4) is 0 Å². The molecule has 0 heterocycles. The quantitative estimate of drug-likeness (QED) is 0.182. The first-order valence-electron chi connectivity index (χ1n) is 9.22. The van der Waals surface area contributed by atoms with Gasteiger partial charge in [-0.1, -0.05) is 79.8 Å². The summed E-state index contributed by atoms with van der Waals surface area (Å²) in [4.78, 5) is 3.96. The molecule has 0 aliphatic carbocycles. The van der Waals surface area contributed by atoms with Crippen molar-refractivity contribution in [3.63, 3.8) is 0 Å². The molecular formula is C23H35N. The molecule has 0 unspecified atom stereocenters. The van der Waals surface area contributed by atoms with E-state index < -0.39 is 0 Å². The van der Waals surface area contributed by atoms with Gasteiger partial charge >= 0.3 is 0 Å². The molecule has 0 rings (SSSR count). The first-order chi connectivity index (χ1) is 11.9. The Morgan fingerprint density at radius 3 is 1.25 bits per heavy atom. The summed E-state index contributed by atoms with van der Waals surface area (Å²) in [5.74, 6) is 0. The van der Waals surface area contributed by atoms with Crippen molar-refractivity contribution in [3.05, 3.63) is 72.9 Å². The zero-order valence-corrected chi connectivity index (χ0v) is 15.6. The van der Waals surface area contributed by atoms with Crippen LogP contribution in [0.1, 0.15) is 58.3 Å². The maximum Gasteiger partial charge on any atom is 0.0273 e. The van der Waals surface area contributed by atoms with Crippen LogP contribution >= 0.6 is 0 Å². The van der Waals surface area contributed by atoms with Crippen LogP contribution in [0, 0.1) is 0 Å². The van der Waals surface area contributed by atoms with E-state index in [-0.39, 0.29) is 0 Å². The van der Waals surface area contributed by atoms with Gasteiger partial charge in [-0.15, -0.1) is 0 Å². The van der Waals surface area contributed by atoms with Gasteiger partial charge in [-0.05, 0) is 57.6 Å². The fourth-order valence-electron chi connectivity index (χ4n) is 1.94. The van der Waals surface area contributed by atoms with Gasteiger partial charge in [0, 0.05) is 7.05 Å². The fourth-order valence-corrected chi connectivity index (χ4v) is 1.94. The number of hydrogen-bond donors (Lipinski definition) is 0. The standard InChI is InChI=1S/C23H35N/c1-3-4-5-6-7-8-9-10-11-12-13-14-15-16-17-18-19-20-21-22-23-24-2/h4-5,7-8,10-11,13-14,16-17,19-20,23H,3,6,9,12,15,18,21-22H2,1-2H3/b5-4-,8-7-,11-10-,14-13-,17-16-,20-19-,24-23+. The summed E-state index contributed by atoms with van der Waals surface area (Å²) in [5.41, 5.74) is 0. The highest BCUT2D eigenvalue weighted by atomic mass is 14.6. The van der Waals surface area contributed by atoms with E-state index in [9.17, 15) is 0 Å². The molecule has 0 aliphatic heterocycles. The van der Waals surface area contributed by atoms with Gasteiger partial charge in [0.25, 0.3) is 0 Å². The van der Waals surface area contributed by atoms with Crippen LogP contribution in [0.25, 0.3) is 0 Å². The van der Waals surface area contributed by atoms with E-state index in [0.29, 0.717) is 0 Å². The van der Waals surface area contributed by atoms with Crippen LogP contribution in [0.15, 0.2) is 77.9 Å². The topological polar surface area (TPSA) is 12.4 Å². The lowest BCUT2D eigenvalue weighted by Crippen LogP contribution is -1.71. The first kappa shape index (κ1) is 22.1. The third-order valence-corrected chi connectivity index (χ3v) is 3.24. The Morgan fingerprint density at radius 2 is 0.875 bits per heavy atom. The summed E-state index contributed by atoms with van der Waals surface area (Å²) in [6.45, 7) is 2.16. The summed E-state index contributed by atoms with van der Waals surface area (Å²) in [6, 6.07) is 0. The molecule has 0 aliphatic rings. The van der Waals surface area contributed by atoms with Crippen LogP contribution in [0.5, 0.6) is 0 Å². The molecule has 0 atom stereocenters. The lowest BCUT2D eigenvalue weighted by molar-refractivity contribution is 1.10. The zero-order valence-electron chi connectivity index (χ0n) is 15.6. The van der Waals surface area contributed by atoms with Gasteiger partial charge in [0.05, 0.1) is 0 Å². The Hall–Kier alpha value is -1.89. The molecule has 0 spiro atoms. The van der Waals surface area contributed by atoms with Crippen LogP contribution < -0.4 is 0 Å². The number of nitrogens with zero attached hydrogens (tertiary/aromatic N) is 1. The Kier molecular flexibility index (Phi) is 19.4. The van der Waals surface area contributed by atoms with Crippen molar-refractivity contribution >= 4 is 6.21 Å². The van der Waals surface area contributed by atoms with Gasteiger partial charge < -0.3 is 4.99 Å². The Labute approximate surface area is 150 Å². The second-order valence-electron chi connectivity index (χ2n) is 5.43. The molecular weight excluding hydrogens is 290 g/mol. The van der Waals surface area contributed by atoms with Gasteiger partial charge in [-0.25, -0.2) is 0 Å². The molecule has 0 saturated carbocycles. The number of allylic oxidation sites excluding steroid dienone is 12. The highest BCUT2D eigenvalue weighted by molar-refractivity contribution is 5.56. The Bertz CT molecular complexity index is 445. The second kappa shape index (κ2) is 21.1. The van der Waals surface area contributed by atoms with Crippen molar-refractivity contribution in [1.29, 1.82) is 0 Å². The Balaban J connectivity index is 3.49. The number of hydrogen-bond acceptors (Lipinski definition) is 1. The number of rotatable bonds is 14. The van der Waals surface area contributed by atoms with Crippen molar-refractivity contribution in [2.45, 2.75) is 58.3 Å². The third kappa shape index (κ3) is 20.1. The van der Waals surface area contributed by atoms with Crippen molar-refractivity contribution in [2.24, 2.45) is 4.99 Å². The van der Waals surface area contributed by atoms with Gasteiger partial charge in [0.2, 0.25) is 0 Å². The molecule has 0 bridgehead atoms. The van der Waals surface area contributed by atoms with Gasteiger partial charge in [-0.2, -0.15) is 0 Å². The molecule has 24 heavy (non-hydrogen) atoms. The molecule has 1 heteroatoms. The highest BCUT2D eigenvalue weighted by Crippen LogP contribution is 1.97. The third-order valence-electron chi connectivity index (χ3n) is 3.24. The minimum absolute atomic E-state index is 1.02. The Morgan fingerprint density at radius 1 is 0.500 bits per heavy atom. The van der Waals surface area contributed by atoms with E-state index in [2.05, 4.69) is 84.8 Å². The van der Waals surface area contributed by atoms with E-state index in [1.165, 1.54) is 0 Å². The molecule has 0 aromatic heterocycles. The lowest BCUT2D eigenvalue weighted by Gasteiger charge is -1.86. The van der Waals surface area contributed by atoms with Crippen molar-refractivity contribution in [1.82, 2.24) is 0 Å². The predicted octanol–water partition coefficient (Wildman–Crippen LogP) is 7.16. The first-order valence-corrected chi connectivity index (χ1v) is 9.22. The maximum atomic E-state index is 3.96. The van der Waals surface area contributed by atoms with Gasteiger partial charge in [-0.3, -0.25) is 0 Å². The van der Waals surface area contributed by atoms with Crippen LogP contribution in [0.2, 0.25) is 0 Å². The molecule has 0 fully saturated rings. The fraction of sp³-hybridized carbons (Fsp3) is 0.435. The van der Waals surface area contributed by atoms with Gasteiger partial charge in [0.15, 0.2) is 0 Å². The van der Waals surface area contributed by atoms with E-state index in [0.717, 1.165) is 51.4 Å². The molecule has 0 saturated heterocycles. The summed E-state index contributed by atoms with van der Waals surface area (Å²) in [5, 5.41) is 0. The van der Waals surface area contributed by atoms with E-state index in [1.54, 1.807) is 0 Å². The molecule has 0 radical (unpaired) electrons. The number of aliphatic imine (C=N–C) groups is 1. The molecule has 0 amide bonds. The van der Waals surface area contributed by atoms with Gasteiger partial charge in [0.1, 0.15) is 0 Å². The normalized spacial score (nSPS) is 13.6. The van der Waals surface area contributed by atoms with E-state index in [1.807, 2.05) is 13.3 Å². The summed E-state index contributed by atoms with van der Waals surface area (Å²) in [7, 11) is 1.82. The number of unbranched alkanes of at least 4 members (excludes halogenated alkanes) is 1. The summed E-state index contributed by atoms with van der Waals surface area (Å²) >= 11 is 0. The highest BCUT2D eigenvalue weighted by Gasteiger charge is 1.77. The molecule has 0 aromatic carbocycles.